The summed E-state index contributed by atoms with van der Waals surface area (Å²) in [5.41, 5.74) is 0. The first kappa shape index (κ1) is 8.55. The highest BCUT2D eigenvalue weighted by molar-refractivity contribution is 5.01. The number of hydrogen-bond acceptors (Lipinski definition) is 1. The molecule has 2 unspecified atom stereocenters. The zero-order valence-electron chi connectivity index (χ0n) is 8.75. The van der Waals surface area contributed by atoms with Crippen molar-refractivity contribution in [3.63, 3.8) is 0 Å². The first-order chi connectivity index (χ1) is 5.61. The first-order valence-electron chi connectivity index (χ1n) is 5.33. The fourth-order valence-corrected chi connectivity index (χ4v) is 3.36. The van der Waals surface area contributed by atoms with Crippen LogP contribution in [-0.2, 0) is 0 Å². The maximum Gasteiger partial charge on any atom is 0.0101 e. The van der Waals surface area contributed by atoms with Crippen molar-refractivity contribution in [2.45, 2.75) is 45.7 Å². The number of rotatable bonds is 1. The normalized spacial score (nSPS) is 47.8. The van der Waals surface area contributed by atoms with E-state index in [1.54, 1.807) is 0 Å². The molecule has 2 bridgehead atoms. The third-order valence-corrected chi connectivity index (χ3v) is 4.33. The van der Waals surface area contributed by atoms with Gasteiger partial charge < -0.3 is 4.90 Å². The Balaban J connectivity index is 2.10. The fraction of sp³-hybridized carbons (Fsp3) is 1.00. The van der Waals surface area contributed by atoms with Gasteiger partial charge in [0.2, 0.25) is 0 Å². The minimum Gasteiger partial charge on any atom is -0.300 e. The van der Waals surface area contributed by atoms with Crippen LogP contribution in [0.2, 0.25) is 0 Å². The summed E-state index contributed by atoms with van der Waals surface area (Å²) >= 11 is 0. The number of piperidine rings is 1. The van der Waals surface area contributed by atoms with Gasteiger partial charge in [-0.25, -0.2) is 0 Å². The zero-order chi connectivity index (χ0) is 8.88. The van der Waals surface area contributed by atoms with Crippen LogP contribution in [-0.4, -0.2) is 24.0 Å². The standard InChI is InChI=1S/C11H21N/c1-7(2)10-5-9-6-11(10)8(3)12(9)4/h7-11H,5-6H2,1-4H3/t8?,9-,10?,11+/m1/s1. The van der Waals surface area contributed by atoms with Crippen molar-refractivity contribution in [3.05, 3.63) is 0 Å². The van der Waals surface area contributed by atoms with Crippen molar-refractivity contribution in [1.29, 1.82) is 0 Å². The van der Waals surface area contributed by atoms with Crippen molar-refractivity contribution >= 4 is 0 Å². The second-order valence-electron chi connectivity index (χ2n) is 5.10. The maximum atomic E-state index is 2.59. The van der Waals surface area contributed by atoms with Crippen LogP contribution in [0.5, 0.6) is 0 Å². The molecule has 1 aliphatic heterocycles. The molecule has 12 heavy (non-hydrogen) atoms. The molecule has 70 valence electrons. The molecule has 0 radical (unpaired) electrons. The fourth-order valence-electron chi connectivity index (χ4n) is 3.36. The molecule has 1 saturated heterocycles. The summed E-state index contributed by atoms with van der Waals surface area (Å²) < 4.78 is 0. The minimum atomic E-state index is 0.844. The lowest BCUT2D eigenvalue weighted by atomic mass is 9.81. The molecule has 1 nitrogen and oxygen atoms in total. The van der Waals surface area contributed by atoms with E-state index in [2.05, 4.69) is 32.7 Å². The van der Waals surface area contributed by atoms with Crippen molar-refractivity contribution < 1.29 is 0 Å². The van der Waals surface area contributed by atoms with Crippen LogP contribution in [0, 0.1) is 17.8 Å². The lowest BCUT2D eigenvalue weighted by molar-refractivity contribution is 0.119. The third-order valence-electron chi connectivity index (χ3n) is 4.33. The number of nitrogens with zero attached hydrogens (tertiary/aromatic N) is 1. The Morgan fingerprint density at radius 3 is 2.33 bits per heavy atom. The predicted octanol–water partition coefficient (Wildman–Crippen LogP) is 2.37. The van der Waals surface area contributed by atoms with Crippen molar-refractivity contribution in [2.75, 3.05) is 7.05 Å². The SMILES string of the molecule is CC(C)C1C[C@@H]2C[C@H]1C(C)N2C. The summed E-state index contributed by atoms with van der Waals surface area (Å²) in [5.74, 6) is 2.91. The molecule has 1 heterocycles. The Morgan fingerprint density at radius 1 is 1.25 bits per heavy atom. The van der Waals surface area contributed by atoms with Crippen LogP contribution < -0.4 is 0 Å². The van der Waals surface area contributed by atoms with Crippen LogP contribution in [0.15, 0.2) is 0 Å². The summed E-state index contributed by atoms with van der Waals surface area (Å²) in [6.07, 6.45) is 2.93. The summed E-state index contributed by atoms with van der Waals surface area (Å²) in [6.45, 7) is 7.18. The molecule has 1 aliphatic carbocycles. The molecule has 0 amide bonds. The number of fused-ring (bicyclic) bond motifs is 2. The van der Waals surface area contributed by atoms with E-state index in [1.807, 2.05) is 0 Å². The minimum absolute atomic E-state index is 0.844. The second-order valence-corrected chi connectivity index (χ2v) is 5.10. The molecule has 2 rings (SSSR count). The van der Waals surface area contributed by atoms with Crippen molar-refractivity contribution in [1.82, 2.24) is 4.90 Å². The van der Waals surface area contributed by atoms with Crippen LogP contribution in [0.25, 0.3) is 0 Å². The average Bonchev–Trinajstić information content (AvgIpc) is 2.53. The Hall–Kier alpha value is -0.0400. The van der Waals surface area contributed by atoms with Crippen molar-refractivity contribution in [3.8, 4) is 0 Å². The summed E-state index contributed by atoms with van der Waals surface area (Å²) in [5, 5.41) is 0. The van der Waals surface area contributed by atoms with Gasteiger partial charge in [-0.3, -0.25) is 0 Å². The molecule has 1 heteroatoms. The predicted molar refractivity (Wildman–Crippen MR) is 52.1 cm³/mol. The van der Waals surface area contributed by atoms with E-state index in [9.17, 15) is 0 Å². The molecular weight excluding hydrogens is 146 g/mol. The Labute approximate surface area is 76.1 Å². The van der Waals surface area contributed by atoms with Crippen LogP contribution in [0.4, 0.5) is 0 Å². The van der Waals surface area contributed by atoms with E-state index in [1.165, 1.54) is 12.8 Å². The molecule has 0 spiro atoms. The molecule has 0 aromatic heterocycles. The molecule has 0 aromatic carbocycles. The second kappa shape index (κ2) is 2.73. The van der Waals surface area contributed by atoms with Gasteiger partial charge in [-0.2, -0.15) is 0 Å². The maximum absolute atomic E-state index is 2.59. The van der Waals surface area contributed by atoms with Crippen LogP contribution in [0.1, 0.15) is 33.6 Å². The Bertz CT molecular complexity index is 174. The van der Waals surface area contributed by atoms with Gasteiger partial charge >= 0.3 is 0 Å². The van der Waals surface area contributed by atoms with Gasteiger partial charge in [-0.05, 0) is 44.6 Å². The molecule has 1 saturated carbocycles. The van der Waals surface area contributed by atoms with E-state index in [0.29, 0.717) is 0 Å². The van der Waals surface area contributed by atoms with Gasteiger partial charge in [0, 0.05) is 12.1 Å². The average molecular weight is 167 g/mol. The quantitative estimate of drug-likeness (QED) is 0.579. The van der Waals surface area contributed by atoms with E-state index >= 15 is 0 Å². The highest BCUT2D eigenvalue weighted by atomic mass is 15.2. The van der Waals surface area contributed by atoms with E-state index in [-0.39, 0.29) is 0 Å². The van der Waals surface area contributed by atoms with Crippen LogP contribution >= 0.6 is 0 Å². The third kappa shape index (κ3) is 1.02. The van der Waals surface area contributed by atoms with Gasteiger partial charge in [0.15, 0.2) is 0 Å². The summed E-state index contributed by atoms with van der Waals surface area (Å²) in [6, 6.07) is 1.76. The molecule has 2 aliphatic rings. The Morgan fingerprint density at radius 2 is 1.92 bits per heavy atom. The van der Waals surface area contributed by atoms with Gasteiger partial charge in [0.25, 0.3) is 0 Å². The smallest absolute Gasteiger partial charge is 0.0101 e. The Kier molecular flexibility index (Phi) is 1.95. The molecular formula is C11H21N. The monoisotopic (exact) mass is 167 g/mol. The summed E-state index contributed by atoms with van der Waals surface area (Å²) in [7, 11) is 2.30. The number of hydrogen-bond donors (Lipinski definition) is 0. The van der Waals surface area contributed by atoms with Crippen molar-refractivity contribution in [2.24, 2.45) is 17.8 Å². The van der Waals surface area contributed by atoms with Gasteiger partial charge in [-0.15, -0.1) is 0 Å². The van der Waals surface area contributed by atoms with Gasteiger partial charge in [-0.1, -0.05) is 13.8 Å². The van der Waals surface area contributed by atoms with E-state index < -0.39 is 0 Å². The highest BCUT2D eigenvalue weighted by Gasteiger charge is 2.48. The summed E-state index contributed by atoms with van der Waals surface area (Å²) in [4.78, 5) is 2.59. The largest absolute Gasteiger partial charge is 0.300 e. The molecule has 0 aromatic rings. The van der Waals surface area contributed by atoms with Crippen LogP contribution in [0.3, 0.4) is 0 Å². The van der Waals surface area contributed by atoms with E-state index in [0.717, 1.165) is 29.8 Å². The first-order valence-corrected chi connectivity index (χ1v) is 5.33. The molecule has 2 fully saturated rings. The molecule has 0 N–H and O–H groups in total. The topological polar surface area (TPSA) is 3.24 Å². The lowest BCUT2D eigenvalue weighted by Crippen LogP contribution is -2.40. The lowest BCUT2D eigenvalue weighted by Gasteiger charge is -2.36. The van der Waals surface area contributed by atoms with E-state index in [4.69, 9.17) is 0 Å². The van der Waals surface area contributed by atoms with Gasteiger partial charge in [0.1, 0.15) is 0 Å². The molecule has 4 atom stereocenters. The zero-order valence-corrected chi connectivity index (χ0v) is 8.75. The number of likely N-dealkylation sites (tertiary alicyclic amines) is 1. The van der Waals surface area contributed by atoms with Gasteiger partial charge in [0.05, 0.1) is 0 Å². The highest BCUT2D eigenvalue weighted by Crippen LogP contribution is 2.48.